The second-order valence-electron chi connectivity index (χ2n) is 6.70. The highest BCUT2D eigenvalue weighted by molar-refractivity contribution is 6.08. The lowest BCUT2D eigenvalue weighted by Gasteiger charge is -2.24. The van der Waals surface area contributed by atoms with Crippen LogP contribution in [0.5, 0.6) is 0 Å². The third-order valence-electron chi connectivity index (χ3n) is 5.02. The van der Waals surface area contributed by atoms with Crippen molar-refractivity contribution < 1.29 is 4.79 Å². The van der Waals surface area contributed by atoms with Crippen molar-refractivity contribution in [3.05, 3.63) is 53.7 Å². The number of carbonyl (C=O) groups excluding carboxylic acids is 1. The van der Waals surface area contributed by atoms with Crippen molar-refractivity contribution in [3.8, 4) is 0 Å². The Bertz CT molecular complexity index is 934. The van der Waals surface area contributed by atoms with E-state index in [0.717, 1.165) is 41.2 Å². The molecular weight excluding hydrogens is 338 g/mol. The summed E-state index contributed by atoms with van der Waals surface area (Å²) < 4.78 is 0. The number of anilines is 4. The highest BCUT2D eigenvalue weighted by Crippen LogP contribution is 2.42. The summed E-state index contributed by atoms with van der Waals surface area (Å²) in [7, 11) is 1.84. The molecular formula is C21H23N5O. The Morgan fingerprint density at radius 2 is 2.11 bits per heavy atom. The molecule has 2 aliphatic heterocycles. The Labute approximate surface area is 158 Å². The van der Waals surface area contributed by atoms with E-state index in [4.69, 9.17) is 5.41 Å². The standard InChI is InChI=1S/C21H23N5O/c1-23-13-16(12-22)14-5-6-18-15(11-14)8-10-26(18)19-4-2-3-17-21(19)24-9-7-20(27)25-17/h2-6,11-13,22-24H,7-10H2,1H3,(H,25,27)/b16-13+,22-12?. The van der Waals surface area contributed by atoms with Crippen LogP contribution in [0, 0.1) is 5.41 Å². The zero-order valence-electron chi connectivity index (χ0n) is 15.3. The van der Waals surface area contributed by atoms with E-state index in [1.165, 1.54) is 17.5 Å². The summed E-state index contributed by atoms with van der Waals surface area (Å²) in [6.45, 7) is 1.52. The molecule has 27 heavy (non-hydrogen) atoms. The minimum atomic E-state index is 0.0420. The largest absolute Gasteiger partial charge is 0.393 e. The van der Waals surface area contributed by atoms with Crippen molar-refractivity contribution in [2.75, 3.05) is 35.7 Å². The molecule has 4 rings (SSSR count). The average Bonchev–Trinajstić information content (AvgIpc) is 2.99. The molecule has 0 radical (unpaired) electrons. The fraction of sp³-hybridized carbons (Fsp3) is 0.238. The number of benzene rings is 2. The van der Waals surface area contributed by atoms with Crippen LogP contribution in [-0.4, -0.2) is 32.3 Å². The maximum Gasteiger partial charge on any atom is 0.226 e. The number of para-hydroxylation sites is 1. The first kappa shape index (κ1) is 17.1. The summed E-state index contributed by atoms with van der Waals surface area (Å²) in [5.41, 5.74) is 7.25. The number of carbonyl (C=O) groups is 1. The van der Waals surface area contributed by atoms with Crippen LogP contribution in [-0.2, 0) is 11.2 Å². The normalized spacial score (nSPS) is 16.0. The number of fused-ring (bicyclic) bond motifs is 2. The second-order valence-corrected chi connectivity index (χ2v) is 6.70. The van der Waals surface area contributed by atoms with E-state index < -0.39 is 0 Å². The van der Waals surface area contributed by atoms with Crippen molar-refractivity contribution in [1.82, 2.24) is 5.32 Å². The van der Waals surface area contributed by atoms with E-state index in [1.807, 2.05) is 25.4 Å². The minimum absolute atomic E-state index is 0.0420. The monoisotopic (exact) mass is 361 g/mol. The van der Waals surface area contributed by atoms with Crippen LogP contribution in [0.15, 0.2) is 42.6 Å². The van der Waals surface area contributed by atoms with Crippen molar-refractivity contribution in [2.24, 2.45) is 0 Å². The van der Waals surface area contributed by atoms with Crippen LogP contribution in [0.4, 0.5) is 22.7 Å². The predicted octanol–water partition coefficient (Wildman–Crippen LogP) is 3.34. The molecule has 4 N–H and O–H groups in total. The quantitative estimate of drug-likeness (QED) is 0.630. The lowest BCUT2D eigenvalue weighted by molar-refractivity contribution is -0.115. The van der Waals surface area contributed by atoms with Crippen LogP contribution in [0.2, 0.25) is 0 Å². The Morgan fingerprint density at radius 3 is 2.93 bits per heavy atom. The fourth-order valence-electron chi connectivity index (χ4n) is 3.76. The van der Waals surface area contributed by atoms with Gasteiger partial charge in [-0.2, -0.15) is 0 Å². The molecule has 0 atom stereocenters. The smallest absolute Gasteiger partial charge is 0.226 e. The highest BCUT2D eigenvalue weighted by atomic mass is 16.1. The topological polar surface area (TPSA) is 80.2 Å². The van der Waals surface area contributed by atoms with Gasteiger partial charge < -0.3 is 26.3 Å². The van der Waals surface area contributed by atoms with Gasteiger partial charge in [0.15, 0.2) is 0 Å². The van der Waals surface area contributed by atoms with Crippen molar-refractivity contribution in [3.63, 3.8) is 0 Å². The third kappa shape index (κ3) is 3.14. The Kier molecular flexibility index (Phi) is 4.54. The molecule has 6 nitrogen and oxygen atoms in total. The average molecular weight is 361 g/mol. The molecule has 0 spiro atoms. The van der Waals surface area contributed by atoms with Gasteiger partial charge in [-0.25, -0.2) is 0 Å². The minimum Gasteiger partial charge on any atom is -0.393 e. The van der Waals surface area contributed by atoms with Crippen LogP contribution in [0.25, 0.3) is 5.57 Å². The summed E-state index contributed by atoms with van der Waals surface area (Å²) in [4.78, 5) is 14.2. The van der Waals surface area contributed by atoms with Gasteiger partial charge in [0.2, 0.25) is 5.91 Å². The molecule has 0 bridgehead atoms. The predicted molar refractivity (Wildman–Crippen MR) is 111 cm³/mol. The van der Waals surface area contributed by atoms with Crippen LogP contribution >= 0.6 is 0 Å². The molecule has 0 saturated heterocycles. The highest BCUT2D eigenvalue weighted by Gasteiger charge is 2.25. The van der Waals surface area contributed by atoms with Gasteiger partial charge in [-0.15, -0.1) is 0 Å². The summed E-state index contributed by atoms with van der Waals surface area (Å²) in [5, 5.41) is 17.0. The summed E-state index contributed by atoms with van der Waals surface area (Å²) in [5.74, 6) is 0.0420. The zero-order valence-corrected chi connectivity index (χ0v) is 15.3. The van der Waals surface area contributed by atoms with Gasteiger partial charge in [0.05, 0.1) is 17.1 Å². The first-order valence-corrected chi connectivity index (χ1v) is 9.16. The number of hydrogen-bond acceptors (Lipinski definition) is 5. The Balaban J connectivity index is 1.72. The van der Waals surface area contributed by atoms with Crippen LogP contribution in [0.3, 0.4) is 0 Å². The summed E-state index contributed by atoms with van der Waals surface area (Å²) >= 11 is 0. The molecule has 0 aromatic heterocycles. The van der Waals surface area contributed by atoms with E-state index in [0.29, 0.717) is 13.0 Å². The van der Waals surface area contributed by atoms with Crippen molar-refractivity contribution in [1.29, 1.82) is 5.41 Å². The SMILES string of the molecule is CN/C=C(\C=N)c1ccc2c(c1)CCN2c1cccc2c1NCCC(=O)N2. The summed E-state index contributed by atoms with van der Waals surface area (Å²) in [6, 6.07) is 12.4. The second kappa shape index (κ2) is 7.15. The molecule has 2 aromatic rings. The first-order chi connectivity index (χ1) is 13.2. The van der Waals surface area contributed by atoms with Gasteiger partial charge in [-0.1, -0.05) is 12.1 Å². The molecule has 1 amide bonds. The first-order valence-electron chi connectivity index (χ1n) is 9.16. The molecule has 0 unspecified atom stereocenters. The summed E-state index contributed by atoms with van der Waals surface area (Å²) in [6.07, 6.45) is 4.63. The Morgan fingerprint density at radius 1 is 1.22 bits per heavy atom. The molecule has 0 saturated carbocycles. The van der Waals surface area contributed by atoms with Gasteiger partial charge in [-0.3, -0.25) is 4.79 Å². The molecule has 2 aromatic carbocycles. The number of amides is 1. The van der Waals surface area contributed by atoms with Gasteiger partial charge >= 0.3 is 0 Å². The number of nitrogens with one attached hydrogen (secondary N) is 4. The van der Waals surface area contributed by atoms with E-state index in [1.54, 1.807) is 0 Å². The van der Waals surface area contributed by atoms with Gasteiger partial charge in [0.25, 0.3) is 0 Å². The van der Waals surface area contributed by atoms with Crippen LogP contribution < -0.4 is 20.9 Å². The lowest BCUT2D eigenvalue weighted by Crippen LogP contribution is -2.16. The van der Waals surface area contributed by atoms with E-state index in [-0.39, 0.29) is 5.91 Å². The van der Waals surface area contributed by atoms with Crippen molar-refractivity contribution >= 4 is 40.4 Å². The number of nitrogens with zero attached hydrogens (tertiary/aromatic N) is 1. The number of rotatable bonds is 4. The Hall–Kier alpha value is -3.28. The van der Waals surface area contributed by atoms with Gasteiger partial charge in [0.1, 0.15) is 0 Å². The van der Waals surface area contributed by atoms with Crippen molar-refractivity contribution in [2.45, 2.75) is 12.8 Å². The number of hydrogen-bond donors (Lipinski definition) is 4. The molecule has 2 heterocycles. The third-order valence-corrected chi connectivity index (χ3v) is 5.02. The fourth-order valence-corrected chi connectivity index (χ4v) is 3.76. The maximum atomic E-state index is 11.9. The lowest BCUT2D eigenvalue weighted by atomic mass is 10.0. The molecule has 0 aliphatic carbocycles. The number of allylic oxidation sites excluding steroid dienone is 1. The zero-order chi connectivity index (χ0) is 18.8. The van der Waals surface area contributed by atoms with Gasteiger partial charge in [0, 0.05) is 50.2 Å². The van der Waals surface area contributed by atoms with Gasteiger partial charge in [-0.05, 0) is 41.8 Å². The van der Waals surface area contributed by atoms with E-state index >= 15 is 0 Å². The van der Waals surface area contributed by atoms with Crippen LogP contribution in [0.1, 0.15) is 17.5 Å². The molecule has 2 aliphatic rings. The molecule has 138 valence electrons. The molecule has 6 heteroatoms. The van der Waals surface area contributed by atoms with E-state index in [2.05, 4.69) is 45.1 Å². The van der Waals surface area contributed by atoms with E-state index in [9.17, 15) is 4.79 Å². The molecule has 0 fully saturated rings. The maximum absolute atomic E-state index is 11.9.